The normalized spacial score (nSPS) is 10.8. The quantitative estimate of drug-likeness (QED) is 0.483. The molecule has 2 heterocycles. The third-order valence-corrected chi connectivity index (χ3v) is 5.39. The topological polar surface area (TPSA) is 64.1 Å². The van der Waals surface area contributed by atoms with E-state index in [1.54, 1.807) is 0 Å². The van der Waals surface area contributed by atoms with Crippen molar-refractivity contribution < 1.29 is 9.53 Å². The Labute approximate surface area is 151 Å². The number of esters is 1. The lowest BCUT2D eigenvalue weighted by molar-refractivity contribution is 0.0605. The number of rotatable bonds is 3. The highest BCUT2D eigenvalue weighted by Crippen LogP contribution is 2.35. The molecule has 0 saturated heterocycles. The van der Waals surface area contributed by atoms with Gasteiger partial charge in [-0.05, 0) is 65.8 Å². The van der Waals surface area contributed by atoms with Crippen molar-refractivity contribution in [1.82, 2.24) is 9.97 Å². The van der Waals surface area contributed by atoms with Crippen molar-refractivity contribution in [2.24, 2.45) is 0 Å². The molecule has 0 aliphatic rings. The van der Waals surface area contributed by atoms with Gasteiger partial charge in [-0.25, -0.2) is 14.8 Å². The molecule has 0 unspecified atom stereocenters. The van der Waals surface area contributed by atoms with Gasteiger partial charge in [-0.3, -0.25) is 0 Å². The molecule has 0 radical (unpaired) electrons. The van der Waals surface area contributed by atoms with Crippen molar-refractivity contribution in [1.29, 1.82) is 0 Å². The molecule has 118 valence electrons. The van der Waals surface area contributed by atoms with Crippen LogP contribution in [-0.4, -0.2) is 23.0 Å². The number of thiophene rings is 1. The van der Waals surface area contributed by atoms with Crippen molar-refractivity contribution in [3.05, 3.63) is 44.1 Å². The van der Waals surface area contributed by atoms with E-state index in [1.807, 2.05) is 26.0 Å². The van der Waals surface area contributed by atoms with Gasteiger partial charge in [-0.15, -0.1) is 11.3 Å². The smallest absolute Gasteiger partial charge is 0.348 e. The highest BCUT2D eigenvalue weighted by molar-refractivity contribution is 14.1. The molecule has 0 bridgehead atoms. The average molecular weight is 439 g/mol. The standard InChI is InChI=1S/C16H14IN3O2S/c1-8-6-10(17)4-5-11(8)20-14-12-9(2)13(16(21)22-3)23-15(12)19-7-18-14/h4-7H,1-3H3,(H,18,19,20). The first kappa shape index (κ1) is 16.1. The molecule has 0 spiro atoms. The van der Waals surface area contributed by atoms with Gasteiger partial charge in [0.2, 0.25) is 0 Å². The largest absolute Gasteiger partial charge is 0.465 e. The molecule has 0 saturated carbocycles. The Balaban J connectivity index is 2.11. The molecule has 0 aliphatic carbocycles. The fraction of sp³-hybridized carbons (Fsp3) is 0.188. The second-order valence-electron chi connectivity index (χ2n) is 5.03. The Bertz CT molecular complexity index is 908. The minimum absolute atomic E-state index is 0.345. The van der Waals surface area contributed by atoms with Gasteiger partial charge in [0.1, 0.15) is 21.9 Å². The highest BCUT2D eigenvalue weighted by atomic mass is 127. The summed E-state index contributed by atoms with van der Waals surface area (Å²) in [5.74, 6) is 0.352. The van der Waals surface area contributed by atoms with Gasteiger partial charge in [-0.2, -0.15) is 0 Å². The van der Waals surface area contributed by atoms with Gasteiger partial charge >= 0.3 is 5.97 Å². The van der Waals surface area contributed by atoms with Crippen molar-refractivity contribution in [2.75, 3.05) is 12.4 Å². The Morgan fingerprint density at radius 3 is 2.78 bits per heavy atom. The summed E-state index contributed by atoms with van der Waals surface area (Å²) < 4.78 is 6.02. The molecule has 0 amide bonds. The molecule has 1 aromatic carbocycles. The third-order valence-electron chi connectivity index (χ3n) is 3.54. The van der Waals surface area contributed by atoms with Crippen LogP contribution in [0.1, 0.15) is 20.8 Å². The lowest BCUT2D eigenvalue weighted by Crippen LogP contribution is -2.00. The molecule has 3 aromatic rings. The van der Waals surface area contributed by atoms with E-state index in [9.17, 15) is 4.79 Å². The van der Waals surface area contributed by atoms with Crippen LogP contribution in [0.5, 0.6) is 0 Å². The number of nitrogens with one attached hydrogen (secondary N) is 1. The van der Waals surface area contributed by atoms with Gasteiger partial charge in [0.15, 0.2) is 0 Å². The number of methoxy groups -OCH3 is 1. The number of nitrogens with zero attached hydrogens (tertiary/aromatic N) is 2. The first-order valence-electron chi connectivity index (χ1n) is 6.87. The zero-order valence-corrected chi connectivity index (χ0v) is 15.8. The summed E-state index contributed by atoms with van der Waals surface area (Å²) in [5.41, 5.74) is 2.95. The van der Waals surface area contributed by atoms with E-state index in [2.05, 4.69) is 43.9 Å². The third kappa shape index (κ3) is 3.02. The second kappa shape index (κ2) is 6.40. The van der Waals surface area contributed by atoms with Crippen LogP contribution < -0.4 is 5.32 Å². The van der Waals surface area contributed by atoms with Crippen LogP contribution in [0, 0.1) is 17.4 Å². The molecule has 7 heteroatoms. The monoisotopic (exact) mass is 439 g/mol. The predicted molar refractivity (Wildman–Crippen MR) is 101 cm³/mol. The molecule has 23 heavy (non-hydrogen) atoms. The van der Waals surface area contributed by atoms with Crippen LogP contribution >= 0.6 is 33.9 Å². The minimum Gasteiger partial charge on any atom is -0.465 e. The fourth-order valence-electron chi connectivity index (χ4n) is 2.35. The first-order chi connectivity index (χ1) is 11.0. The summed E-state index contributed by atoms with van der Waals surface area (Å²) >= 11 is 3.61. The number of hydrogen-bond acceptors (Lipinski definition) is 6. The summed E-state index contributed by atoms with van der Waals surface area (Å²) in [6.07, 6.45) is 1.50. The van der Waals surface area contributed by atoms with Crippen molar-refractivity contribution in [3.8, 4) is 0 Å². The molecule has 5 nitrogen and oxygen atoms in total. The number of halogens is 1. The Hall–Kier alpha value is -1.74. The number of benzene rings is 1. The lowest BCUT2D eigenvalue weighted by Gasteiger charge is -2.10. The van der Waals surface area contributed by atoms with E-state index in [4.69, 9.17) is 4.74 Å². The van der Waals surface area contributed by atoms with Crippen molar-refractivity contribution in [2.45, 2.75) is 13.8 Å². The molecule has 2 aromatic heterocycles. The van der Waals surface area contributed by atoms with E-state index in [0.29, 0.717) is 10.7 Å². The lowest BCUT2D eigenvalue weighted by atomic mass is 10.1. The summed E-state index contributed by atoms with van der Waals surface area (Å²) in [4.78, 5) is 21.8. The van der Waals surface area contributed by atoms with Crippen LogP contribution in [0.2, 0.25) is 0 Å². The second-order valence-corrected chi connectivity index (χ2v) is 7.28. The first-order valence-corrected chi connectivity index (χ1v) is 8.76. The number of hydrogen-bond donors (Lipinski definition) is 1. The molecule has 0 fully saturated rings. The van der Waals surface area contributed by atoms with Crippen LogP contribution in [-0.2, 0) is 4.74 Å². The number of fused-ring (bicyclic) bond motifs is 1. The number of aromatic nitrogens is 2. The summed E-state index contributed by atoms with van der Waals surface area (Å²) in [6, 6.07) is 6.16. The number of anilines is 2. The predicted octanol–water partition coefficient (Wildman–Crippen LogP) is 4.44. The molecule has 3 rings (SSSR count). The van der Waals surface area contributed by atoms with Crippen molar-refractivity contribution in [3.63, 3.8) is 0 Å². The molecule has 0 atom stereocenters. The maximum Gasteiger partial charge on any atom is 0.348 e. The van der Waals surface area contributed by atoms with Crippen LogP contribution in [0.25, 0.3) is 10.2 Å². The maximum absolute atomic E-state index is 11.9. The van der Waals surface area contributed by atoms with Gasteiger partial charge in [-0.1, -0.05) is 0 Å². The summed E-state index contributed by atoms with van der Waals surface area (Å²) in [5, 5.41) is 4.21. The van der Waals surface area contributed by atoms with Crippen molar-refractivity contribution >= 4 is 61.6 Å². The number of carbonyl (C=O) groups excluding carboxylic acids is 1. The zero-order valence-electron chi connectivity index (χ0n) is 12.8. The number of aryl methyl sites for hydroxylation is 2. The van der Waals surface area contributed by atoms with E-state index in [1.165, 1.54) is 28.3 Å². The Kier molecular flexibility index (Phi) is 4.49. The Morgan fingerprint density at radius 1 is 1.30 bits per heavy atom. The minimum atomic E-state index is -0.345. The average Bonchev–Trinajstić information content (AvgIpc) is 2.87. The van der Waals surface area contributed by atoms with Gasteiger partial charge in [0.05, 0.1) is 12.5 Å². The van der Waals surface area contributed by atoms with Gasteiger partial charge in [0, 0.05) is 9.26 Å². The fourth-order valence-corrected chi connectivity index (χ4v) is 4.06. The van der Waals surface area contributed by atoms with E-state index in [-0.39, 0.29) is 5.97 Å². The Morgan fingerprint density at radius 2 is 2.09 bits per heavy atom. The van der Waals surface area contributed by atoms with Crippen LogP contribution in [0.15, 0.2) is 24.5 Å². The summed E-state index contributed by atoms with van der Waals surface area (Å²) in [6.45, 7) is 3.93. The van der Waals surface area contributed by atoms with Gasteiger partial charge < -0.3 is 10.1 Å². The number of ether oxygens (including phenoxy) is 1. The van der Waals surface area contributed by atoms with E-state index >= 15 is 0 Å². The molecular weight excluding hydrogens is 425 g/mol. The maximum atomic E-state index is 11.9. The van der Waals surface area contributed by atoms with Gasteiger partial charge in [0.25, 0.3) is 0 Å². The van der Waals surface area contributed by atoms with Crippen LogP contribution in [0.3, 0.4) is 0 Å². The van der Waals surface area contributed by atoms with Crippen LogP contribution in [0.4, 0.5) is 11.5 Å². The highest BCUT2D eigenvalue weighted by Gasteiger charge is 2.19. The molecular formula is C16H14IN3O2S. The molecule has 0 aliphatic heterocycles. The summed E-state index contributed by atoms with van der Waals surface area (Å²) in [7, 11) is 1.38. The van der Waals surface area contributed by atoms with E-state index < -0.39 is 0 Å². The number of carbonyl (C=O) groups is 1. The zero-order chi connectivity index (χ0) is 16.6. The van der Waals surface area contributed by atoms with E-state index in [0.717, 1.165) is 27.0 Å². The SMILES string of the molecule is COC(=O)c1sc2ncnc(Nc3ccc(I)cc3C)c2c1C. The molecule has 1 N–H and O–H groups in total.